The molecule has 0 saturated heterocycles. The third-order valence-corrected chi connectivity index (χ3v) is 7.12. The van der Waals surface area contributed by atoms with E-state index in [1.165, 1.54) is 22.5 Å². The molecule has 1 aromatic heterocycles. The zero-order valence-corrected chi connectivity index (χ0v) is 18.1. The predicted octanol–water partition coefficient (Wildman–Crippen LogP) is 4.82. The molecule has 0 atom stereocenters. The van der Waals surface area contributed by atoms with Gasteiger partial charge in [-0.25, -0.2) is 13.4 Å². The monoisotopic (exact) mass is 451 g/mol. The van der Waals surface area contributed by atoms with Crippen molar-refractivity contribution < 1.29 is 13.2 Å². The quantitative estimate of drug-likeness (QED) is 0.544. The molecular weight excluding hydrogens is 433 g/mol. The average molecular weight is 452 g/mol. The Morgan fingerprint density at radius 3 is 2.45 bits per heavy atom. The molecule has 0 saturated carbocycles. The van der Waals surface area contributed by atoms with Gasteiger partial charge in [0.25, 0.3) is 5.91 Å². The molecule has 9 heteroatoms. The van der Waals surface area contributed by atoms with Crippen molar-refractivity contribution in [1.29, 1.82) is 0 Å². The number of nitrogens with one attached hydrogen (secondary N) is 1. The minimum absolute atomic E-state index is 0.0467. The van der Waals surface area contributed by atoms with Gasteiger partial charge >= 0.3 is 0 Å². The zero-order chi connectivity index (χ0) is 21.2. The van der Waals surface area contributed by atoms with Crippen molar-refractivity contribution in [2.45, 2.75) is 18.7 Å². The van der Waals surface area contributed by atoms with Gasteiger partial charge in [0.2, 0.25) is 10.0 Å². The van der Waals surface area contributed by atoms with Gasteiger partial charge in [-0.1, -0.05) is 61.3 Å². The Kier molecular flexibility index (Phi) is 6.43. The summed E-state index contributed by atoms with van der Waals surface area (Å²) in [5, 5.41) is 4.55. The second-order valence-electron chi connectivity index (χ2n) is 6.20. The molecular formula is C20H19Cl2N3O3S. The summed E-state index contributed by atoms with van der Waals surface area (Å²) >= 11 is 12.4. The van der Waals surface area contributed by atoms with Crippen LogP contribution in [0.3, 0.4) is 0 Å². The van der Waals surface area contributed by atoms with Crippen molar-refractivity contribution in [1.82, 2.24) is 9.29 Å². The van der Waals surface area contributed by atoms with Gasteiger partial charge in [-0.05, 0) is 29.7 Å². The SMILES string of the molecule is CCN(CC)S(=O)(=O)c1ccc(Cl)c(NC(=O)c2cc3ccccc3c(Cl)n2)c1. The average Bonchev–Trinajstić information content (AvgIpc) is 2.70. The Labute approximate surface area is 179 Å². The van der Waals surface area contributed by atoms with Crippen LogP contribution in [0.2, 0.25) is 10.2 Å². The standard InChI is InChI=1S/C20H19Cl2N3O3S/c1-3-25(4-2)29(27,28)14-9-10-16(21)17(12-14)24-20(26)18-11-13-7-5-6-8-15(13)19(22)23-18/h5-12H,3-4H2,1-2H3,(H,24,26). The summed E-state index contributed by atoms with van der Waals surface area (Å²) in [6.45, 7) is 4.19. The van der Waals surface area contributed by atoms with Crippen LogP contribution in [0.15, 0.2) is 53.4 Å². The summed E-state index contributed by atoms with van der Waals surface area (Å²) in [6.07, 6.45) is 0. The van der Waals surface area contributed by atoms with E-state index < -0.39 is 15.9 Å². The van der Waals surface area contributed by atoms with E-state index in [1.807, 2.05) is 24.3 Å². The normalized spacial score (nSPS) is 11.8. The first-order valence-electron chi connectivity index (χ1n) is 8.94. The third-order valence-electron chi connectivity index (χ3n) is 4.46. The Morgan fingerprint density at radius 1 is 1.07 bits per heavy atom. The summed E-state index contributed by atoms with van der Waals surface area (Å²) in [4.78, 5) is 16.9. The maximum absolute atomic E-state index is 12.7. The van der Waals surface area contributed by atoms with Gasteiger partial charge in [0, 0.05) is 18.5 Å². The molecule has 1 amide bonds. The summed E-state index contributed by atoms with van der Waals surface area (Å²) in [5.41, 5.74) is 0.276. The fraction of sp³-hybridized carbons (Fsp3) is 0.200. The number of carbonyl (C=O) groups excluding carboxylic acids is 1. The number of pyridine rings is 1. The number of fused-ring (bicyclic) bond motifs is 1. The Morgan fingerprint density at radius 2 is 1.76 bits per heavy atom. The molecule has 0 aliphatic heterocycles. The van der Waals surface area contributed by atoms with Crippen molar-refractivity contribution in [2.24, 2.45) is 0 Å². The number of benzene rings is 2. The summed E-state index contributed by atoms with van der Waals surface area (Å²) in [6, 6.07) is 13.1. The van der Waals surface area contributed by atoms with Gasteiger partial charge in [-0.3, -0.25) is 4.79 Å². The van der Waals surface area contributed by atoms with Crippen LogP contribution in [0.1, 0.15) is 24.3 Å². The van der Waals surface area contributed by atoms with Gasteiger partial charge < -0.3 is 5.32 Å². The highest BCUT2D eigenvalue weighted by Crippen LogP contribution is 2.28. The highest BCUT2D eigenvalue weighted by Gasteiger charge is 2.23. The number of hydrogen-bond acceptors (Lipinski definition) is 4. The lowest BCUT2D eigenvalue weighted by Crippen LogP contribution is -2.30. The predicted molar refractivity (Wildman–Crippen MR) is 116 cm³/mol. The molecule has 29 heavy (non-hydrogen) atoms. The molecule has 2 aromatic carbocycles. The van der Waals surface area contributed by atoms with E-state index in [2.05, 4.69) is 10.3 Å². The van der Waals surface area contributed by atoms with E-state index in [9.17, 15) is 13.2 Å². The second kappa shape index (κ2) is 8.67. The first kappa shape index (κ1) is 21.5. The van der Waals surface area contributed by atoms with Crippen molar-refractivity contribution in [3.63, 3.8) is 0 Å². The number of anilines is 1. The fourth-order valence-electron chi connectivity index (χ4n) is 2.93. The number of aromatic nitrogens is 1. The molecule has 0 bridgehead atoms. The van der Waals surface area contributed by atoms with E-state index in [0.717, 1.165) is 10.8 Å². The molecule has 0 spiro atoms. The molecule has 6 nitrogen and oxygen atoms in total. The molecule has 1 N–H and O–H groups in total. The molecule has 0 unspecified atom stereocenters. The van der Waals surface area contributed by atoms with Crippen LogP contribution in [-0.4, -0.2) is 36.7 Å². The van der Waals surface area contributed by atoms with Gasteiger partial charge in [0.1, 0.15) is 10.8 Å². The second-order valence-corrected chi connectivity index (χ2v) is 8.91. The number of sulfonamides is 1. The summed E-state index contributed by atoms with van der Waals surface area (Å²) < 4.78 is 26.8. The van der Waals surface area contributed by atoms with E-state index in [0.29, 0.717) is 13.1 Å². The van der Waals surface area contributed by atoms with E-state index in [4.69, 9.17) is 23.2 Å². The smallest absolute Gasteiger partial charge is 0.274 e. The van der Waals surface area contributed by atoms with Crippen molar-refractivity contribution >= 4 is 55.6 Å². The maximum atomic E-state index is 12.7. The summed E-state index contributed by atoms with van der Waals surface area (Å²) in [7, 11) is -3.69. The van der Waals surface area contributed by atoms with E-state index >= 15 is 0 Å². The molecule has 1 heterocycles. The lowest BCUT2D eigenvalue weighted by Gasteiger charge is -2.19. The van der Waals surface area contributed by atoms with Crippen molar-refractivity contribution in [2.75, 3.05) is 18.4 Å². The first-order chi connectivity index (χ1) is 13.8. The largest absolute Gasteiger partial charge is 0.319 e. The van der Waals surface area contributed by atoms with Gasteiger partial charge in [0.15, 0.2) is 0 Å². The molecule has 152 valence electrons. The van der Waals surface area contributed by atoms with Gasteiger partial charge in [-0.15, -0.1) is 0 Å². The highest BCUT2D eigenvalue weighted by molar-refractivity contribution is 7.89. The van der Waals surface area contributed by atoms with Crippen molar-refractivity contribution in [3.8, 4) is 0 Å². The lowest BCUT2D eigenvalue weighted by molar-refractivity contribution is 0.102. The van der Waals surface area contributed by atoms with Crippen LogP contribution in [0.5, 0.6) is 0 Å². The zero-order valence-electron chi connectivity index (χ0n) is 15.8. The Balaban J connectivity index is 1.95. The number of hydrogen-bond donors (Lipinski definition) is 1. The van der Waals surface area contributed by atoms with Crippen LogP contribution in [0.25, 0.3) is 10.8 Å². The molecule has 0 fully saturated rings. The molecule has 0 aliphatic rings. The number of halogens is 2. The van der Waals surface area contributed by atoms with Crippen LogP contribution < -0.4 is 5.32 Å². The van der Waals surface area contributed by atoms with Crippen LogP contribution >= 0.6 is 23.2 Å². The minimum Gasteiger partial charge on any atom is -0.319 e. The topological polar surface area (TPSA) is 79.4 Å². The molecule has 3 aromatic rings. The minimum atomic E-state index is -3.69. The molecule has 3 rings (SSSR count). The fourth-order valence-corrected chi connectivity index (χ4v) is 4.84. The number of amides is 1. The lowest BCUT2D eigenvalue weighted by atomic mass is 10.1. The molecule has 0 aliphatic carbocycles. The van der Waals surface area contributed by atoms with Gasteiger partial charge in [0.05, 0.1) is 15.6 Å². The number of carbonyl (C=O) groups is 1. The number of nitrogens with zero attached hydrogens (tertiary/aromatic N) is 2. The van der Waals surface area contributed by atoms with Crippen LogP contribution in [-0.2, 0) is 10.0 Å². The Hall–Kier alpha value is -2.19. The molecule has 0 radical (unpaired) electrons. The van der Waals surface area contributed by atoms with Crippen LogP contribution in [0, 0.1) is 0 Å². The highest BCUT2D eigenvalue weighted by atomic mass is 35.5. The first-order valence-corrected chi connectivity index (χ1v) is 11.1. The Bertz CT molecular complexity index is 1180. The number of rotatable bonds is 6. The summed E-state index contributed by atoms with van der Waals surface area (Å²) in [5.74, 6) is -0.544. The van der Waals surface area contributed by atoms with E-state index in [1.54, 1.807) is 19.9 Å². The van der Waals surface area contributed by atoms with Crippen LogP contribution in [0.4, 0.5) is 5.69 Å². The van der Waals surface area contributed by atoms with Gasteiger partial charge in [-0.2, -0.15) is 4.31 Å². The maximum Gasteiger partial charge on any atom is 0.274 e. The van der Waals surface area contributed by atoms with Crippen molar-refractivity contribution in [3.05, 3.63) is 64.4 Å². The van der Waals surface area contributed by atoms with E-state index in [-0.39, 0.29) is 26.5 Å². The third kappa shape index (κ3) is 4.38.